The van der Waals surface area contributed by atoms with Gasteiger partial charge in [-0.1, -0.05) is 19.8 Å². The first kappa shape index (κ1) is 12.4. The van der Waals surface area contributed by atoms with Crippen LogP contribution in [0.3, 0.4) is 0 Å². The van der Waals surface area contributed by atoms with Crippen molar-refractivity contribution in [3.63, 3.8) is 0 Å². The van der Waals surface area contributed by atoms with E-state index in [9.17, 15) is 9.59 Å². The molecule has 2 rings (SSSR count). The van der Waals surface area contributed by atoms with Gasteiger partial charge in [-0.3, -0.25) is 9.59 Å². The fraction of sp³-hybridized carbons (Fsp3) is 0.846. The number of nitrogens with zero attached hydrogens (tertiary/aromatic N) is 1. The van der Waals surface area contributed by atoms with Gasteiger partial charge in [-0.15, -0.1) is 0 Å². The van der Waals surface area contributed by atoms with Crippen molar-refractivity contribution in [2.75, 3.05) is 19.6 Å². The van der Waals surface area contributed by atoms with Crippen LogP contribution >= 0.6 is 0 Å². The zero-order valence-electron chi connectivity index (χ0n) is 10.6. The third-order valence-electron chi connectivity index (χ3n) is 3.92. The Balaban J connectivity index is 1.88. The number of rotatable bonds is 2. The molecule has 2 fully saturated rings. The van der Waals surface area contributed by atoms with E-state index >= 15 is 0 Å². The van der Waals surface area contributed by atoms with Gasteiger partial charge in [0.15, 0.2) is 0 Å². The van der Waals surface area contributed by atoms with Gasteiger partial charge in [-0.05, 0) is 24.7 Å². The molecule has 2 atom stereocenters. The highest BCUT2D eigenvalue weighted by molar-refractivity contribution is 5.87. The maximum Gasteiger partial charge on any atom is 0.241 e. The van der Waals surface area contributed by atoms with Crippen molar-refractivity contribution >= 4 is 11.8 Å². The monoisotopic (exact) mass is 238 g/mol. The van der Waals surface area contributed by atoms with Crippen LogP contribution in [0.2, 0.25) is 0 Å². The maximum absolute atomic E-state index is 11.8. The summed E-state index contributed by atoms with van der Waals surface area (Å²) in [6.45, 7) is 3.91. The minimum atomic E-state index is -0.00198. The SMILES string of the molecule is CC1CCCC(CN2CCC(=O)NCC2=O)C1. The predicted molar refractivity (Wildman–Crippen MR) is 65.3 cm³/mol. The summed E-state index contributed by atoms with van der Waals surface area (Å²) in [6, 6.07) is 0. The standard InChI is InChI=1S/C13H22N2O2/c1-10-3-2-4-11(7-10)9-15-6-5-12(16)14-8-13(15)17/h10-11H,2-9H2,1H3,(H,14,16). The van der Waals surface area contributed by atoms with E-state index < -0.39 is 0 Å². The van der Waals surface area contributed by atoms with Crippen LogP contribution in [0.5, 0.6) is 0 Å². The Labute approximate surface area is 103 Å². The number of hydrogen-bond donors (Lipinski definition) is 1. The highest BCUT2D eigenvalue weighted by Crippen LogP contribution is 2.29. The molecule has 1 saturated heterocycles. The summed E-state index contributed by atoms with van der Waals surface area (Å²) in [5.41, 5.74) is 0. The van der Waals surface area contributed by atoms with Crippen LogP contribution in [-0.4, -0.2) is 36.3 Å². The smallest absolute Gasteiger partial charge is 0.241 e. The van der Waals surface area contributed by atoms with Crippen molar-refractivity contribution in [3.05, 3.63) is 0 Å². The van der Waals surface area contributed by atoms with Gasteiger partial charge in [0.2, 0.25) is 11.8 Å². The Morgan fingerprint density at radius 2 is 2.18 bits per heavy atom. The second-order valence-electron chi connectivity index (χ2n) is 5.50. The first-order valence-corrected chi connectivity index (χ1v) is 6.69. The minimum absolute atomic E-state index is 0.00198. The first-order chi connectivity index (χ1) is 8.15. The molecule has 0 bridgehead atoms. The average molecular weight is 238 g/mol. The molecule has 0 aromatic heterocycles. The lowest BCUT2D eigenvalue weighted by Crippen LogP contribution is -2.39. The zero-order valence-corrected chi connectivity index (χ0v) is 10.6. The van der Waals surface area contributed by atoms with Crippen LogP contribution in [0.4, 0.5) is 0 Å². The van der Waals surface area contributed by atoms with Crippen molar-refractivity contribution in [2.45, 2.75) is 39.0 Å². The van der Waals surface area contributed by atoms with E-state index in [2.05, 4.69) is 12.2 Å². The molecular formula is C13H22N2O2. The Morgan fingerprint density at radius 1 is 1.35 bits per heavy atom. The minimum Gasteiger partial charge on any atom is -0.347 e. The van der Waals surface area contributed by atoms with Crippen molar-refractivity contribution < 1.29 is 9.59 Å². The molecule has 2 aliphatic rings. The summed E-state index contributed by atoms with van der Waals surface area (Å²) in [5.74, 6) is 1.50. The summed E-state index contributed by atoms with van der Waals surface area (Å²) < 4.78 is 0. The normalized spacial score (nSPS) is 31.0. The number of amides is 2. The zero-order chi connectivity index (χ0) is 12.3. The molecule has 1 aliphatic heterocycles. The third-order valence-corrected chi connectivity index (χ3v) is 3.92. The van der Waals surface area contributed by atoms with E-state index in [-0.39, 0.29) is 18.4 Å². The molecule has 1 N–H and O–H groups in total. The van der Waals surface area contributed by atoms with E-state index in [0.717, 1.165) is 12.5 Å². The van der Waals surface area contributed by atoms with Gasteiger partial charge in [0.25, 0.3) is 0 Å². The van der Waals surface area contributed by atoms with Crippen LogP contribution in [-0.2, 0) is 9.59 Å². The molecule has 4 heteroatoms. The van der Waals surface area contributed by atoms with Gasteiger partial charge in [-0.2, -0.15) is 0 Å². The van der Waals surface area contributed by atoms with Gasteiger partial charge >= 0.3 is 0 Å². The Hall–Kier alpha value is -1.06. The van der Waals surface area contributed by atoms with Gasteiger partial charge in [0, 0.05) is 19.5 Å². The van der Waals surface area contributed by atoms with E-state index in [4.69, 9.17) is 0 Å². The molecule has 4 nitrogen and oxygen atoms in total. The van der Waals surface area contributed by atoms with Crippen LogP contribution in [0, 0.1) is 11.8 Å². The summed E-state index contributed by atoms with van der Waals surface area (Å²) in [4.78, 5) is 24.9. The molecule has 0 spiro atoms. The van der Waals surface area contributed by atoms with Gasteiger partial charge in [0.05, 0.1) is 6.54 Å². The molecule has 0 radical (unpaired) electrons. The second kappa shape index (κ2) is 5.52. The van der Waals surface area contributed by atoms with E-state index in [1.807, 2.05) is 4.90 Å². The van der Waals surface area contributed by atoms with E-state index in [0.29, 0.717) is 18.9 Å². The second-order valence-corrected chi connectivity index (χ2v) is 5.50. The van der Waals surface area contributed by atoms with Gasteiger partial charge < -0.3 is 10.2 Å². The lowest BCUT2D eigenvalue weighted by molar-refractivity contribution is -0.130. The van der Waals surface area contributed by atoms with Crippen LogP contribution in [0.15, 0.2) is 0 Å². The highest BCUT2D eigenvalue weighted by atomic mass is 16.2. The number of carbonyl (C=O) groups excluding carboxylic acids is 2. The molecule has 1 aliphatic carbocycles. The van der Waals surface area contributed by atoms with E-state index in [1.165, 1.54) is 25.7 Å². The number of carbonyl (C=O) groups is 2. The maximum atomic E-state index is 11.8. The fourth-order valence-electron chi connectivity index (χ4n) is 2.97. The molecule has 2 amide bonds. The average Bonchev–Trinajstić information content (AvgIpc) is 2.45. The number of hydrogen-bond acceptors (Lipinski definition) is 2. The Kier molecular flexibility index (Phi) is 4.02. The molecule has 0 aromatic rings. The van der Waals surface area contributed by atoms with E-state index in [1.54, 1.807) is 0 Å². The molecule has 0 aromatic carbocycles. The summed E-state index contributed by atoms with van der Waals surface area (Å²) >= 11 is 0. The quantitative estimate of drug-likeness (QED) is 0.785. The Bertz CT molecular complexity index is 304. The summed E-state index contributed by atoms with van der Waals surface area (Å²) in [6.07, 6.45) is 5.52. The highest BCUT2D eigenvalue weighted by Gasteiger charge is 2.25. The van der Waals surface area contributed by atoms with Crippen molar-refractivity contribution in [2.24, 2.45) is 11.8 Å². The number of nitrogens with one attached hydrogen (secondary N) is 1. The third kappa shape index (κ3) is 3.45. The molecule has 2 unspecified atom stereocenters. The van der Waals surface area contributed by atoms with Crippen LogP contribution in [0.25, 0.3) is 0 Å². The largest absolute Gasteiger partial charge is 0.347 e. The van der Waals surface area contributed by atoms with Crippen molar-refractivity contribution in [1.82, 2.24) is 10.2 Å². The topological polar surface area (TPSA) is 49.4 Å². The first-order valence-electron chi connectivity index (χ1n) is 6.69. The molecule has 96 valence electrons. The molecule has 17 heavy (non-hydrogen) atoms. The van der Waals surface area contributed by atoms with Crippen molar-refractivity contribution in [1.29, 1.82) is 0 Å². The summed E-state index contributed by atoms with van der Waals surface area (Å²) in [7, 11) is 0. The van der Waals surface area contributed by atoms with Crippen LogP contribution < -0.4 is 5.32 Å². The molecular weight excluding hydrogens is 216 g/mol. The lowest BCUT2D eigenvalue weighted by atomic mass is 9.82. The van der Waals surface area contributed by atoms with Gasteiger partial charge in [-0.25, -0.2) is 0 Å². The van der Waals surface area contributed by atoms with Gasteiger partial charge in [0.1, 0.15) is 0 Å². The molecule has 1 saturated carbocycles. The van der Waals surface area contributed by atoms with Crippen LogP contribution in [0.1, 0.15) is 39.0 Å². The predicted octanol–water partition coefficient (Wildman–Crippen LogP) is 1.16. The summed E-state index contributed by atoms with van der Waals surface area (Å²) in [5, 5.41) is 2.64. The fourth-order valence-corrected chi connectivity index (χ4v) is 2.97. The lowest BCUT2D eigenvalue weighted by Gasteiger charge is -2.31. The van der Waals surface area contributed by atoms with Crippen molar-refractivity contribution in [3.8, 4) is 0 Å². The molecule has 1 heterocycles. The Morgan fingerprint density at radius 3 is 2.94 bits per heavy atom.